The Balaban J connectivity index is 2.87. The molecule has 0 aliphatic heterocycles. The molecular formula is C19H33N9O5. The van der Waals surface area contributed by atoms with Crippen molar-refractivity contribution in [1.82, 2.24) is 25.9 Å². The average Bonchev–Trinajstić information content (AvgIpc) is 3.25. The number of guanidine groups is 1. The van der Waals surface area contributed by atoms with Gasteiger partial charge in [0.15, 0.2) is 5.96 Å². The number of carboxylic acid groups (broad SMARTS) is 1. The van der Waals surface area contributed by atoms with E-state index in [-0.39, 0.29) is 37.8 Å². The van der Waals surface area contributed by atoms with Crippen molar-refractivity contribution in [2.75, 3.05) is 13.1 Å². The van der Waals surface area contributed by atoms with Gasteiger partial charge in [-0.2, -0.15) is 0 Å². The summed E-state index contributed by atoms with van der Waals surface area (Å²) in [6.07, 6.45) is 3.43. The van der Waals surface area contributed by atoms with Gasteiger partial charge in [0.2, 0.25) is 17.7 Å². The van der Waals surface area contributed by atoms with Crippen LogP contribution in [-0.2, 0) is 25.6 Å². The van der Waals surface area contributed by atoms with Crippen molar-refractivity contribution < 1.29 is 24.3 Å². The molecule has 0 spiro atoms. The monoisotopic (exact) mass is 467 g/mol. The van der Waals surface area contributed by atoms with Gasteiger partial charge in [0.1, 0.15) is 18.1 Å². The van der Waals surface area contributed by atoms with Gasteiger partial charge in [-0.1, -0.05) is 13.8 Å². The van der Waals surface area contributed by atoms with Crippen molar-refractivity contribution in [1.29, 1.82) is 0 Å². The molecule has 0 aromatic carbocycles. The third-order valence-corrected chi connectivity index (χ3v) is 4.62. The van der Waals surface area contributed by atoms with E-state index in [1.54, 1.807) is 13.8 Å². The van der Waals surface area contributed by atoms with Crippen LogP contribution in [0.4, 0.5) is 0 Å². The van der Waals surface area contributed by atoms with E-state index in [9.17, 15) is 24.3 Å². The lowest BCUT2D eigenvalue weighted by Gasteiger charge is -2.26. The van der Waals surface area contributed by atoms with Crippen LogP contribution in [0, 0.1) is 5.92 Å². The highest BCUT2D eigenvalue weighted by molar-refractivity contribution is 5.93. The molecular weight excluding hydrogens is 434 g/mol. The van der Waals surface area contributed by atoms with Crippen LogP contribution in [0.1, 0.15) is 32.4 Å². The van der Waals surface area contributed by atoms with Gasteiger partial charge in [-0.25, -0.2) is 9.78 Å². The first-order chi connectivity index (χ1) is 15.5. The van der Waals surface area contributed by atoms with Crippen molar-refractivity contribution in [3.8, 4) is 0 Å². The van der Waals surface area contributed by atoms with Gasteiger partial charge in [-0.15, -0.1) is 0 Å². The number of aliphatic carboxylic acids is 1. The van der Waals surface area contributed by atoms with Gasteiger partial charge < -0.3 is 43.2 Å². The van der Waals surface area contributed by atoms with E-state index >= 15 is 0 Å². The predicted octanol–water partition coefficient (Wildman–Crippen LogP) is -2.84. The number of hydrogen-bond donors (Lipinski definition) is 8. The van der Waals surface area contributed by atoms with Crippen LogP contribution in [-0.4, -0.2) is 75.9 Å². The minimum absolute atomic E-state index is 0.0889. The molecule has 0 aliphatic carbocycles. The Hall–Kier alpha value is -3.68. The van der Waals surface area contributed by atoms with Crippen molar-refractivity contribution in [2.24, 2.45) is 28.1 Å². The SMILES string of the molecule is CC(C)C(NC(=O)C(Cc1cnc[nH]1)NC(=O)CN)C(=O)NC(CCCN=C(N)N)C(=O)O. The van der Waals surface area contributed by atoms with Gasteiger partial charge in [0.25, 0.3) is 0 Å². The summed E-state index contributed by atoms with van der Waals surface area (Å²) < 4.78 is 0. The number of hydrogen-bond acceptors (Lipinski definition) is 7. The number of nitrogens with one attached hydrogen (secondary N) is 4. The predicted molar refractivity (Wildman–Crippen MR) is 120 cm³/mol. The van der Waals surface area contributed by atoms with Crippen LogP contribution < -0.4 is 33.2 Å². The second kappa shape index (κ2) is 13.7. The first kappa shape index (κ1) is 27.4. The lowest BCUT2D eigenvalue weighted by atomic mass is 10.0. The quantitative estimate of drug-likeness (QED) is 0.0796. The number of nitrogens with zero attached hydrogens (tertiary/aromatic N) is 2. The van der Waals surface area contributed by atoms with E-state index in [0.717, 1.165) is 0 Å². The summed E-state index contributed by atoms with van der Waals surface area (Å²) in [5.41, 5.74) is 16.4. The smallest absolute Gasteiger partial charge is 0.326 e. The number of carboxylic acids is 1. The zero-order chi connectivity index (χ0) is 25.0. The zero-order valence-electron chi connectivity index (χ0n) is 18.7. The molecule has 1 rings (SSSR count). The number of aromatic nitrogens is 2. The second-order valence-electron chi connectivity index (χ2n) is 7.68. The minimum atomic E-state index is -1.23. The zero-order valence-corrected chi connectivity index (χ0v) is 18.7. The van der Waals surface area contributed by atoms with E-state index in [0.29, 0.717) is 12.1 Å². The second-order valence-corrected chi connectivity index (χ2v) is 7.68. The number of carbonyl (C=O) groups excluding carboxylic acids is 3. The third-order valence-electron chi connectivity index (χ3n) is 4.62. The highest BCUT2D eigenvalue weighted by atomic mass is 16.4. The van der Waals surface area contributed by atoms with Crippen LogP contribution >= 0.6 is 0 Å². The third kappa shape index (κ3) is 9.99. The highest BCUT2D eigenvalue weighted by Gasteiger charge is 2.31. The molecule has 0 saturated heterocycles. The topological polar surface area (TPSA) is 244 Å². The number of aromatic amines is 1. The maximum absolute atomic E-state index is 12.9. The van der Waals surface area contributed by atoms with Crippen LogP contribution in [0.15, 0.2) is 17.5 Å². The number of rotatable bonds is 14. The standard InChI is InChI=1S/C19H33N9O5/c1-10(2)15(17(31)27-12(18(32)33)4-3-5-24-19(21)22)28-16(30)13(26-14(29)7-20)6-11-8-23-9-25-11/h8-10,12-13,15H,3-7,20H2,1-2H3,(H,23,25)(H,26,29)(H,27,31)(H,28,30)(H,32,33)(H4,21,22,24). The van der Waals surface area contributed by atoms with Crippen molar-refractivity contribution in [2.45, 2.75) is 51.2 Å². The Kier molecular flexibility index (Phi) is 11.3. The molecule has 0 bridgehead atoms. The first-order valence-electron chi connectivity index (χ1n) is 10.4. The minimum Gasteiger partial charge on any atom is -0.480 e. The number of H-pyrrole nitrogens is 1. The molecule has 11 N–H and O–H groups in total. The molecule has 3 unspecified atom stereocenters. The molecule has 3 amide bonds. The van der Waals surface area contributed by atoms with Crippen molar-refractivity contribution >= 4 is 29.7 Å². The molecule has 0 saturated carbocycles. The molecule has 1 aromatic heterocycles. The number of nitrogens with two attached hydrogens (primary N) is 3. The molecule has 1 aromatic rings. The Morgan fingerprint density at radius 1 is 1.12 bits per heavy atom. The summed E-state index contributed by atoms with van der Waals surface area (Å²) in [6.45, 7) is 3.28. The molecule has 3 atom stereocenters. The van der Waals surface area contributed by atoms with E-state index in [1.165, 1.54) is 12.5 Å². The highest BCUT2D eigenvalue weighted by Crippen LogP contribution is 2.07. The number of imidazole rings is 1. The van der Waals surface area contributed by atoms with Gasteiger partial charge in [0.05, 0.1) is 12.9 Å². The largest absolute Gasteiger partial charge is 0.480 e. The number of amides is 3. The molecule has 33 heavy (non-hydrogen) atoms. The van der Waals surface area contributed by atoms with Gasteiger partial charge in [0, 0.05) is 24.9 Å². The van der Waals surface area contributed by atoms with E-state index in [2.05, 4.69) is 30.9 Å². The van der Waals surface area contributed by atoms with E-state index in [4.69, 9.17) is 17.2 Å². The van der Waals surface area contributed by atoms with Crippen LogP contribution in [0.2, 0.25) is 0 Å². The fourth-order valence-corrected chi connectivity index (χ4v) is 2.89. The Morgan fingerprint density at radius 3 is 2.33 bits per heavy atom. The summed E-state index contributed by atoms with van der Waals surface area (Å²) in [5, 5.41) is 17.0. The van der Waals surface area contributed by atoms with Gasteiger partial charge >= 0.3 is 5.97 Å². The Labute approximate surface area is 191 Å². The lowest BCUT2D eigenvalue weighted by Crippen LogP contribution is -2.58. The average molecular weight is 468 g/mol. The van der Waals surface area contributed by atoms with E-state index in [1.807, 2.05) is 0 Å². The Morgan fingerprint density at radius 2 is 1.82 bits per heavy atom. The van der Waals surface area contributed by atoms with Crippen molar-refractivity contribution in [3.63, 3.8) is 0 Å². The summed E-state index contributed by atoms with van der Waals surface area (Å²) in [7, 11) is 0. The summed E-state index contributed by atoms with van der Waals surface area (Å²) >= 11 is 0. The maximum Gasteiger partial charge on any atom is 0.326 e. The van der Waals surface area contributed by atoms with Gasteiger partial charge in [-0.05, 0) is 18.8 Å². The summed E-state index contributed by atoms with van der Waals surface area (Å²) in [4.78, 5) is 59.6. The molecule has 14 nitrogen and oxygen atoms in total. The first-order valence-corrected chi connectivity index (χ1v) is 10.4. The van der Waals surface area contributed by atoms with Crippen molar-refractivity contribution in [3.05, 3.63) is 18.2 Å². The Bertz CT molecular complexity index is 822. The van der Waals surface area contributed by atoms with Crippen LogP contribution in [0.3, 0.4) is 0 Å². The molecule has 1 heterocycles. The molecule has 0 radical (unpaired) electrons. The van der Waals surface area contributed by atoms with E-state index < -0.39 is 41.8 Å². The fraction of sp³-hybridized carbons (Fsp3) is 0.579. The lowest BCUT2D eigenvalue weighted by molar-refractivity contribution is -0.142. The maximum atomic E-state index is 12.9. The number of aliphatic imine (C=N–C) groups is 1. The number of carbonyl (C=O) groups is 4. The molecule has 0 aliphatic rings. The normalized spacial score (nSPS) is 13.5. The molecule has 0 fully saturated rings. The van der Waals surface area contributed by atoms with Crippen LogP contribution in [0.25, 0.3) is 0 Å². The summed E-state index contributed by atoms with van der Waals surface area (Å²) in [5.74, 6) is -3.55. The van der Waals surface area contributed by atoms with Crippen LogP contribution in [0.5, 0.6) is 0 Å². The molecule has 14 heteroatoms. The summed E-state index contributed by atoms with van der Waals surface area (Å²) in [6, 6.07) is -3.26. The fourth-order valence-electron chi connectivity index (χ4n) is 2.89. The molecule has 184 valence electrons. The van der Waals surface area contributed by atoms with Gasteiger partial charge in [-0.3, -0.25) is 19.4 Å².